The van der Waals surface area contributed by atoms with Crippen LogP contribution in [0.2, 0.25) is 0 Å². The van der Waals surface area contributed by atoms with Crippen molar-refractivity contribution in [2.24, 2.45) is 11.8 Å². The fourth-order valence-electron chi connectivity index (χ4n) is 2.35. The Balaban J connectivity index is 3.58. The Morgan fingerprint density at radius 1 is 0.926 bits per heavy atom. The minimum absolute atomic E-state index is 0.264. The predicted molar refractivity (Wildman–Crippen MR) is 105 cm³/mol. The average Bonchev–Trinajstić information content (AvgIpc) is 2.58. The van der Waals surface area contributed by atoms with Crippen LogP contribution in [-0.4, -0.2) is 57.7 Å². The molecule has 1 amide bonds. The van der Waals surface area contributed by atoms with Gasteiger partial charge in [-0.25, -0.2) is 4.79 Å². The molecule has 27 heavy (non-hydrogen) atoms. The highest BCUT2D eigenvalue weighted by Crippen LogP contribution is 2.19. The van der Waals surface area contributed by atoms with Crippen LogP contribution in [0.5, 0.6) is 0 Å². The van der Waals surface area contributed by atoms with Crippen molar-refractivity contribution in [1.82, 2.24) is 5.32 Å². The van der Waals surface area contributed by atoms with Crippen molar-refractivity contribution in [3.63, 3.8) is 0 Å². The summed E-state index contributed by atoms with van der Waals surface area (Å²) in [5.74, 6) is 0.845. The normalized spacial score (nSPS) is 13.7. The molecule has 0 bridgehead atoms. The van der Waals surface area contributed by atoms with Crippen LogP contribution in [0.4, 0.5) is 4.79 Å². The van der Waals surface area contributed by atoms with Crippen molar-refractivity contribution >= 4 is 12.1 Å². The molecule has 0 aliphatic heterocycles. The van der Waals surface area contributed by atoms with E-state index in [-0.39, 0.29) is 18.5 Å². The van der Waals surface area contributed by atoms with Gasteiger partial charge in [-0.2, -0.15) is 0 Å². The van der Waals surface area contributed by atoms with E-state index in [1.54, 1.807) is 0 Å². The third-order valence-corrected chi connectivity index (χ3v) is 4.24. The molecule has 0 saturated carbocycles. The number of ether oxygens (including phenoxy) is 4. The van der Waals surface area contributed by atoms with Gasteiger partial charge >= 0.3 is 12.1 Å². The molecule has 0 aliphatic carbocycles. The summed E-state index contributed by atoms with van der Waals surface area (Å²) in [5.41, 5.74) is -0.460. The molecular weight excluding hydrogens is 350 g/mol. The van der Waals surface area contributed by atoms with Crippen molar-refractivity contribution in [2.45, 2.75) is 65.9 Å². The van der Waals surface area contributed by atoms with Gasteiger partial charge in [-0.05, 0) is 51.9 Å². The Morgan fingerprint density at radius 3 is 2.11 bits per heavy atom. The van der Waals surface area contributed by atoms with E-state index < -0.39 is 5.60 Å². The van der Waals surface area contributed by atoms with Gasteiger partial charge in [0.2, 0.25) is 0 Å². The average molecular weight is 390 g/mol. The number of rotatable bonds is 14. The molecule has 1 N–H and O–H groups in total. The fraction of sp³-hybridized carbons (Fsp3) is 0.900. The van der Waals surface area contributed by atoms with Crippen molar-refractivity contribution in [1.29, 1.82) is 0 Å². The molecule has 2 atom stereocenters. The molecule has 0 fully saturated rings. The summed E-state index contributed by atoms with van der Waals surface area (Å²) in [6, 6.07) is 0. The highest BCUT2D eigenvalue weighted by atomic mass is 16.6. The Kier molecular flexibility index (Phi) is 14.0. The van der Waals surface area contributed by atoms with Crippen LogP contribution in [-0.2, 0) is 23.7 Å². The Morgan fingerprint density at radius 2 is 1.52 bits per heavy atom. The number of carbonyl (C=O) groups is 2. The maximum absolute atomic E-state index is 11.6. The highest BCUT2D eigenvalue weighted by molar-refractivity contribution is 5.69. The van der Waals surface area contributed by atoms with Gasteiger partial charge in [0.1, 0.15) is 5.60 Å². The third-order valence-electron chi connectivity index (χ3n) is 4.24. The SMILES string of the molecule is COC(=O)CCOCCOCCC(C)C(C)CCCNC(=O)OC(C)(C)C. The highest BCUT2D eigenvalue weighted by Gasteiger charge is 2.16. The molecule has 0 saturated heterocycles. The molecule has 0 aromatic carbocycles. The van der Waals surface area contributed by atoms with E-state index in [2.05, 4.69) is 23.9 Å². The third kappa shape index (κ3) is 16.6. The van der Waals surface area contributed by atoms with Gasteiger partial charge < -0.3 is 24.3 Å². The summed E-state index contributed by atoms with van der Waals surface area (Å²) in [4.78, 5) is 22.5. The lowest BCUT2D eigenvalue weighted by molar-refractivity contribution is -0.141. The first-order valence-corrected chi connectivity index (χ1v) is 9.85. The second-order valence-electron chi connectivity index (χ2n) is 7.87. The van der Waals surface area contributed by atoms with E-state index in [0.29, 0.717) is 44.8 Å². The fourth-order valence-corrected chi connectivity index (χ4v) is 2.35. The second-order valence-corrected chi connectivity index (χ2v) is 7.87. The van der Waals surface area contributed by atoms with Crippen molar-refractivity contribution in [3.8, 4) is 0 Å². The minimum atomic E-state index is -0.460. The lowest BCUT2D eigenvalue weighted by Gasteiger charge is -2.21. The van der Waals surface area contributed by atoms with E-state index in [9.17, 15) is 9.59 Å². The van der Waals surface area contributed by atoms with Gasteiger partial charge in [-0.15, -0.1) is 0 Å². The number of hydrogen-bond donors (Lipinski definition) is 1. The minimum Gasteiger partial charge on any atom is -0.469 e. The summed E-state index contributed by atoms with van der Waals surface area (Å²) in [7, 11) is 1.37. The molecule has 0 aliphatic rings. The zero-order valence-electron chi connectivity index (χ0n) is 18.0. The number of amides is 1. The van der Waals surface area contributed by atoms with Crippen LogP contribution in [0.1, 0.15) is 60.3 Å². The summed E-state index contributed by atoms with van der Waals surface area (Å²) >= 11 is 0. The maximum atomic E-state index is 11.6. The molecular formula is C20H39NO6. The second kappa shape index (κ2) is 14.7. The molecule has 0 aromatic heterocycles. The van der Waals surface area contributed by atoms with Crippen LogP contribution in [0.15, 0.2) is 0 Å². The smallest absolute Gasteiger partial charge is 0.407 e. The molecule has 0 heterocycles. The van der Waals surface area contributed by atoms with Crippen molar-refractivity contribution < 1.29 is 28.5 Å². The van der Waals surface area contributed by atoms with E-state index in [1.807, 2.05) is 20.8 Å². The predicted octanol–water partition coefficient (Wildman–Crippen LogP) is 3.55. The summed E-state index contributed by atoms with van der Waals surface area (Å²) in [6.07, 6.45) is 2.88. The van der Waals surface area contributed by atoms with Crippen LogP contribution in [0.3, 0.4) is 0 Å². The summed E-state index contributed by atoms with van der Waals surface area (Å²) in [6.45, 7) is 12.7. The zero-order chi connectivity index (χ0) is 20.7. The quantitative estimate of drug-likeness (QED) is 0.361. The van der Waals surface area contributed by atoms with E-state index in [1.165, 1.54) is 7.11 Å². The molecule has 160 valence electrons. The van der Waals surface area contributed by atoms with Crippen LogP contribution in [0, 0.1) is 11.8 Å². The molecule has 2 unspecified atom stereocenters. The van der Waals surface area contributed by atoms with Gasteiger partial charge in [-0.1, -0.05) is 13.8 Å². The van der Waals surface area contributed by atoms with Crippen LogP contribution >= 0.6 is 0 Å². The van der Waals surface area contributed by atoms with Gasteiger partial charge in [0.05, 0.1) is 33.4 Å². The van der Waals surface area contributed by atoms with E-state index in [4.69, 9.17) is 14.2 Å². The maximum Gasteiger partial charge on any atom is 0.407 e. The summed E-state index contributed by atoms with van der Waals surface area (Å²) in [5, 5.41) is 2.79. The standard InChI is InChI=1S/C20H39NO6/c1-16(8-7-11-21-19(23)27-20(3,4)5)17(2)9-12-25-14-15-26-13-10-18(22)24-6/h16-17H,7-15H2,1-6H3,(H,21,23). The topological polar surface area (TPSA) is 83.1 Å². The van der Waals surface area contributed by atoms with Crippen molar-refractivity contribution in [2.75, 3.05) is 40.1 Å². The van der Waals surface area contributed by atoms with Gasteiger partial charge in [0.25, 0.3) is 0 Å². The van der Waals surface area contributed by atoms with E-state index >= 15 is 0 Å². The van der Waals surface area contributed by atoms with E-state index in [0.717, 1.165) is 19.3 Å². The number of methoxy groups -OCH3 is 1. The van der Waals surface area contributed by atoms with Gasteiger partial charge in [-0.3, -0.25) is 4.79 Å². The van der Waals surface area contributed by atoms with Gasteiger partial charge in [0.15, 0.2) is 0 Å². The van der Waals surface area contributed by atoms with Crippen LogP contribution in [0.25, 0.3) is 0 Å². The Labute approximate surface area is 164 Å². The first-order chi connectivity index (χ1) is 12.7. The molecule has 7 heteroatoms. The summed E-state index contributed by atoms with van der Waals surface area (Å²) < 4.78 is 20.6. The number of esters is 1. The lowest BCUT2D eigenvalue weighted by atomic mass is 9.89. The molecule has 0 rings (SSSR count). The number of alkyl carbamates (subject to hydrolysis) is 1. The largest absolute Gasteiger partial charge is 0.469 e. The van der Waals surface area contributed by atoms with Crippen molar-refractivity contribution in [3.05, 3.63) is 0 Å². The number of nitrogens with one attached hydrogen (secondary N) is 1. The molecule has 0 spiro atoms. The number of carbonyl (C=O) groups excluding carboxylic acids is 2. The lowest BCUT2D eigenvalue weighted by Crippen LogP contribution is -2.33. The first kappa shape index (κ1) is 25.7. The van der Waals surface area contributed by atoms with Gasteiger partial charge in [0, 0.05) is 13.2 Å². The zero-order valence-corrected chi connectivity index (χ0v) is 18.0. The monoisotopic (exact) mass is 389 g/mol. The Bertz CT molecular complexity index is 408. The molecule has 0 aromatic rings. The van der Waals surface area contributed by atoms with Crippen LogP contribution < -0.4 is 5.32 Å². The Hall–Kier alpha value is -1.34. The molecule has 0 radical (unpaired) electrons. The number of hydrogen-bond acceptors (Lipinski definition) is 6. The first-order valence-electron chi connectivity index (χ1n) is 9.85. The molecule has 7 nitrogen and oxygen atoms in total.